The lowest BCUT2D eigenvalue weighted by molar-refractivity contribution is -0.137. The number of rotatable bonds is 1. The van der Waals surface area contributed by atoms with Crippen molar-refractivity contribution >= 4 is 21.6 Å². The van der Waals surface area contributed by atoms with Crippen LogP contribution in [0.4, 0.5) is 13.2 Å². The molecule has 1 heterocycles. The predicted octanol–water partition coefficient (Wildman–Crippen LogP) is 4.44. The number of aromatic nitrogens is 1. The molecule has 86 valence electrons. The molecule has 5 heteroatoms. The lowest BCUT2D eigenvalue weighted by atomic mass is 10.0. The van der Waals surface area contributed by atoms with Gasteiger partial charge in [0.15, 0.2) is 5.01 Å². The molecule has 0 saturated carbocycles. The lowest BCUT2D eigenvalue weighted by Gasteiger charge is -2.03. The van der Waals surface area contributed by atoms with E-state index in [1.165, 1.54) is 0 Å². The normalized spacial score (nSPS) is 12.6. The summed E-state index contributed by atoms with van der Waals surface area (Å²) in [5.74, 6) is 0.306. The summed E-state index contributed by atoms with van der Waals surface area (Å²) >= 11 is 0.700. The lowest BCUT2D eigenvalue weighted by Crippen LogP contribution is -2.03. The summed E-state index contributed by atoms with van der Waals surface area (Å²) < 4.78 is 37.9. The molecule has 0 aliphatic carbocycles. The van der Waals surface area contributed by atoms with Crippen LogP contribution in [-0.4, -0.2) is 4.98 Å². The minimum Gasteiger partial charge on any atom is -0.232 e. The van der Waals surface area contributed by atoms with Gasteiger partial charge in [-0.1, -0.05) is 19.9 Å². The van der Waals surface area contributed by atoms with Gasteiger partial charge in [-0.25, -0.2) is 4.98 Å². The number of fused-ring (bicyclic) bond motifs is 1. The zero-order chi connectivity index (χ0) is 11.9. The van der Waals surface area contributed by atoms with Crippen molar-refractivity contribution in [2.75, 3.05) is 0 Å². The van der Waals surface area contributed by atoms with E-state index < -0.39 is 11.2 Å². The van der Waals surface area contributed by atoms with E-state index in [9.17, 15) is 13.2 Å². The Morgan fingerprint density at radius 2 is 1.94 bits per heavy atom. The van der Waals surface area contributed by atoms with E-state index in [1.54, 1.807) is 12.1 Å². The van der Waals surface area contributed by atoms with Crippen LogP contribution in [0.15, 0.2) is 18.2 Å². The van der Waals surface area contributed by atoms with Gasteiger partial charge >= 0.3 is 6.18 Å². The molecule has 0 fully saturated rings. The molecule has 0 saturated heterocycles. The van der Waals surface area contributed by atoms with Crippen LogP contribution in [-0.2, 0) is 6.18 Å². The Kier molecular flexibility index (Phi) is 2.66. The van der Waals surface area contributed by atoms with Gasteiger partial charge in [-0.2, -0.15) is 13.2 Å². The number of alkyl halides is 3. The van der Waals surface area contributed by atoms with Crippen molar-refractivity contribution in [2.24, 2.45) is 0 Å². The highest BCUT2D eigenvalue weighted by Gasteiger charge is 2.34. The number of hydrogen-bond acceptors (Lipinski definition) is 2. The molecule has 16 heavy (non-hydrogen) atoms. The molecule has 0 spiro atoms. The molecular weight excluding hydrogens is 235 g/mol. The molecule has 0 amide bonds. The maximum Gasteiger partial charge on any atom is 0.443 e. The van der Waals surface area contributed by atoms with E-state index in [2.05, 4.69) is 4.98 Å². The summed E-state index contributed by atoms with van der Waals surface area (Å²) in [6.45, 7) is 4.01. The summed E-state index contributed by atoms with van der Waals surface area (Å²) in [7, 11) is 0. The van der Waals surface area contributed by atoms with Gasteiger partial charge < -0.3 is 0 Å². The van der Waals surface area contributed by atoms with Crippen LogP contribution >= 0.6 is 11.3 Å². The van der Waals surface area contributed by atoms with Crippen LogP contribution in [0.25, 0.3) is 10.2 Å². The third kappa shape index (κ3) is 2.04. The highest BCUT2D eigenvalue weighted by atomic mass is 32.1. The SMILES string of the molecule is CC(C)c1ccc2nc(C(F)(F)F)sc2c1. The number of hydrogen-bond donors (Lipinski definition) is 0. The maximum absolute atomic E-state index is 12.4. The summed E-state index contributed by atoms with van der Waals surface area (Å²) in [5, 5.41) is -0.775. The van der Waals surface area contributed by atoms with Crippen LogP contribution in [0.2, 0.25) is 0 Å². The van der Waals surface area contributed by atoms with Crippen molar-refractivity contribution < 1.29 is 13.2 Å². The van der Waals surface area contributed by atoms with E-state index in [1.807, 2.05) is 19.9 Å². The van der Waals surface area contributed by atoms with Crippen molar-refractivity contribution in [3.05, 3.63) is 28.8 Å². The second kappa shape index (κ2) is 3.73. The summed E-state index contributed by atoms with van der Waals surface area (Å²) in [5.41, 5.74) is 1.45. The predicted molar refractivity (Wildman–Crippen MR) is 58.7 cm³/mol. The first-order valence-corrected chi connectivity index (χ1v) is 5.67. The highest BCUT2D eigenvalue weighted by Crippen LogP contribution is 2.36. The highest BCUT2D eigenvalue weighted by molar-refractivity contribution is 7.18. The summed E-state index contributed by atoms with van der Waals surface area (Å²) in [6, 6.07) is 5.26. The van der Waals surface area contributed by atoms with Crippen molar-refractivity contribution in [1.29, 1.82) is 0 Å². The van der Waals surface area contributed by atoms with Gasteiger partial charge in [0.25, 0.3) is 0 Å². The standard InChI is InChI=1S/C11H10F3NS/c1-6(2)7-3-4-8-9(5-7)16-10(15-8)11(12,13)14/h3-6H,1-2H3. The molecule has 0 N–H and O–H groups in total. The summed E-state index contributed by atoms with van der Waals surface area (Å²) in [4.78, 5) is 3.58. The fourth-order valence-corrected chi connectivity index (χ4v) is 2.30. The van der Waals surface area contributed by atoms with Gasteiger partial charge in [0.2, 0.25) is 0 Å². The van der Waals surface area contributed by atoms with Gasteiger partial charge in [0.05, 0.1) is 10.2 Å². The van der Waals surface area contributed by atoms with E-state index in [0.717, 1.165) is 5.56 Å². The quantitative estimate of drug-likeness (QED) is 0.723. The molecule has 0 radical (unpaired) electrons. The van der Waals surface area contributed by atoms with Crippen LogP contribution < -0.4 is 0 Å². The van der Waals surface area contributed by atoms with Gasteiger partial charge in [0.1, 0.15) is 0 Å². The molecule has 2 rings (SSSR count). The molecule has 1 aromatic heterocycles. The third-order valence-electron chi connectivity index (χ3n) is 2.32. The number of thiazole rings is 1. The number of benzene rings is 1. The van der Waals surface area contributed by atoms with Crippen molar-refractivity contribution in [3.8, 4) is 0 Å². The first-order valence-electron chi connectivity index (χ1n) is 4.85. The second-order valence-corrected chi connectivity index (χ2v) is 4.93. The van der Waals surface area contributed by atoms with Crippen molar-refractivity contribution in [1.82, 2.24) is 4.98 Å². The average Bonchev–Trinajstić information content (AvgIpc) is 2.58. The first kappa shape index (κ1) is 11.4. The van der Waals surface area contributed by atoms with Gasteiger partial charge in [-0.15, -0.1) is 11.3 Å². The Labute approximate surface area is 94.9 Å². The second-order valence-electron chi connectivity index (χ2n) is 3.90. The van der Waals surface area contributed by atoms with Gasteiger partial charge in [0, 0.05) is 0 Å². The molecular formula is C11H10F3NS. The molecule has 0 aliphatic heterocycles. The molecule has 0 bridgehead atoms. The van der Waals surface area contributed by atoms with E-state index in [0.29, 0.717) is 27.5 Å². The molecule has 0 aliphatic rings. The van der Waals surface area contributed by atoms with Crippen molar-refractivity contribution in [3.63, 3.8) is 0 Å². The van der Waals surface area contributed by atoms with Crippen LogP contribution in [0.3, 0.4) is 0 Å². The van der Waals surface area contributed by atoms with Crippen LogP contribution in [0, 0.1) is 0 Å². The Balaban J connectivity index is 2.54. The van der Waals surface area contributed by atoms with Crippen LogP contribution in [0.1, 0.15) is 30.3 Å². The van der Waals surface area contributed by atoms with E-state index in [-0.39, 0.29) is 0 Å². The molecule has 0 atom stereocenters. The topological polar surface area (TPSA) is 12.9 Å². The minimum absolute atomic E-state index is 0.306. The first-order chi connectivity index (χ1) is 7.38. The van der Waals surface area contributed by atoms with Crippen molar-refractivity contribution in [2.45, 2.75) is 25.9 Å². The van der Waals surface area contributed by atoms with Gasteiger partial charge in [-0.3, -0.25) is 0 Å². The molecule has 1 nitrogen and oxygen atoms in total. The number of nitrogens with zero attached hydrogens (tertiary/aromatic N) is 1. The molecule has 2 aromatic rings. The average molecular weight is 245 g/mol. The molecule has 1 aromatic carbocycles. The monoisotopic (exact) mass is 245 g/mol. The van der Waals surface area contributed by atoms with Gasteiger partial charge in [-0.05, 0) is 23.6 Å². The Hall–Kier alpha value is -1.10. The largest absolute Gasteiger partial charge is 0.443 e. The third-order valence-corrected chi connectivity index (χ3v) is 3.38. The fourth-order valence-electron chi connectivity index (χ4n) is 1.42. The minimum atomic E-state index is -4.35. The maximum atomic E-state index is 12.4. The zero-order valence-electron chi connectivity index (χ0n) is 8.80. The Bertz CT molecular complexity index is 513. The molecule has 0 unspecified atom stereocenters. The zero-order valence-corrected chi connectivity index (χ0v) is 9.62. The summed E-state index contributed by atoms with van der Waals surface area (Å²) in [6.07, 6.45) is -4.35. The smallest absolute Gasteiger partial charge is 0.232 e. The fraction of sp³-hybridized carbons (Fsp3) is 0.364. The van der Waals surface area contributed by atoms with E-state index >= 15 is 0 Å². The van der Waals surface area contributed by atoms with E-state index in [4.69, 9.17) is 0 Å². The Morgan fingerprint density at radius 1 is 1.25 bits per heavy atom. The Morgan fingerprint density at radius 3 is 2.50 bits per heavy atom. The van der Waals surface area contributed by atoms with Crippen LogP contribution in [0.5, 0.6) is 0 Å². The number of halogens is 3.